The molecule has 0 radical (unpaired) electrons. The lowest BCUT2D eigenvalue weighted by molar-refractivity contribution is -0.0176. The number of ether oxygens (including phenoxy) is 1. The van der Waals surface area contributed by atoms with Crippen LogP contribution in [-0.2, 0) is 4.74 Å². The van der Waals surface area contributed by atoms with E-state index in [1.807, 2.05) is 0 Å². The molecule has 1 saturated heterocycles. The first-order valence-corrected chi connectivity index (χ1v) is 5.07. The van der Waals surface area contributed by atoms with Crippen LogP contribution >= 0.6 is 0 Å². The fourth-order valence-corrected chi connectivity index (χ4v) is 2.74. The van der Waals surface area contributed by atoms with Crippen molar-refractivity contribution in [1.82, 2.24) is 0 Å². The second-order valence-corrected chi connectivity index (χ2v) is 4.26. The summed E-state index contributed by atoms with van der Waals surface area (Å²) in [5.74, 6) is 1.55. The lowest BCUT2D eigenvalue weighted by Gasteiger charge is -2.36. The lowest BCUT2D eigenvalue weighted by atomic mass is 9.72. The van der Waals surface area contributed by atoms with Gasteiger partial charge in [-0.15, -0.1) is 0 Å². The van der Waals surface area contributed by atoms with E-state index in [9.17, 15) is 0 Å². The average Bonchev–Trinajstić information content (AvgIpc) is 2.45. The van der Waals surface area contributed by atoms with E-state index in [1.54, 1.807) is 0 Å². The Hall–Kier alpha value is -0.300. The van der Waals surface area contributed by atoms with E-state index < -0.39 is 0 Å². The summed E-state index contributed by atoms with van der Waals surface area (Å²) in [4.78, 5) is 0. The predicted octanol–water partition coefficient (Wildman–Crippen LogP) is 2.77. The molecule has 1 aliphatic carbocycles. The van der Waals surface area contributed by atoms with E-state index in [0.29, 0.717) is 0 Å². The highest BCUT2D eigenvalue weighted by Crippen LogP contribution is 2.44. The van der Waals surface area contributed by atoms with Gasteiger partial charge in [0, 0.05) is 6.61 Å². The molecule has 0 spiro atoms. The molecule has 3 atom stereocenters. The fourth-order valence-electron chi connectivity index (χ4n) is 2.74. The third-order valence-electron chi connectivity index (χ3n) is 3.54. The van der Waals surface area contributed by atoms with Crippen molar-refractivity contribution < 1.29 is 4.74 Å². The van der Waals surface area contributed by atoms with Gasteiger partial charge < -0.3 is 4.74 Å². The number of allylic oxidation sites excluding steroid dienone is 1. The largest absolute Gasteiger partial charge is 0.375 e. The normalized spacial score (nSPS) is 46.2. The van der Waals surface area contributed by atoms with Gasteiger partial charge >= 0.3 is 0 Å². The third-order valence-corrected chi connectivity index (χ3v) is 3.54. The van der Waals surface area contributed by atoms with Crippen molar-refractivity contribution in [1.29, 1.82) is 0 Å². The standard InChI is InChI=1S/C11H18O/c1-3-9-5-4-7-11(2)10(9)6-8-12-11/h4-5,9-10H,3,6-8H2,1-2H3/t9-,10+,11+/m0/s1. The minimum absolute atomic E-state index is 0.176. The van der Waals surface area contributed by atoms with E-state index in [0.717, 1.165) is 24.9 Å². The van der Waals surface area contributed by atoms with Crippen molar-refractivity contribution in [3.8, 4) is 0 Å². The molecule has 1 heterocycles. The molecule has 0 aromatic heterocycles. The molecule has 0 saturated carbocycles. The molecule has 0 bridgehead atoms. The molecule has 68 valence electrons. The maximum absolute atomic E-state index is 5.83. The Labute approximate surface area is 74.8 Å². The molecular formula is C11H18O. The van der Waals surface area contributed by atoms with Crippen LogP contribution in [-0.4, -0.2) is 12.2 Å². The van der Waals surface area contributed by atoms with Crippen LogP contribution in [0.2, 0.25) is 0 Å². The molecular weight excluding hydrogens is 148 g/mol. The molecule has 1 aliphatic heterocycles. The van der Waals surface area contributed by atoms with E-state index in [4.69, 9.17) is 4.74 Å². The molecule has 12 heavy (non-hydrogen) atoms. The van der Waals surface area contributed by atoms with Gasteiger partial charge in [0.1, 0.15) is 0 Å². The van der Waals surface area contributed by atoms with Gasteiger partial charge in [0.05, 0.1) is 5.60 Å². The van der Waals surface area contributed by atoms with Crippen LogP contribution < -0.4 is 0 Å². The topological polar surface area (TPSA) is 9.23 Å². The van der Waals surface area contributed by atoms with Crippen molar-refractivity contribution in [2.75, 3.05) is 6.61 Å². The van der Waals surface area contributed by atoms with Gasteiger partial charge in [-0.2, -0.15) is 0 Å². The fraction of sp³-hybridized carbons (Fsp3) is 0.818. The Morgan fingerprint density at radius 2 is 2.42 bits per heavy atom. The summed E-state index contributed by atoms with van der Waals surface area (Å²) in [6.45, 7) is 5.52. The van der Waals surface area contributed by atoms with Crippen LogP contribution in [0.25, 0.3) is 0 Å². The Bertz CT molecular complexity index is 197. The smallest absolute Gasteiger partial charge is 0.0723 e. The summed E-state index contributed by atoms with van der Waals surface area (Å²) in [5.41, 5.74) is 0.176. The highest BCUT2D eigenvalue weighted by Gasteiger charge is 2.43. The number of fused-ring (bicyclic) bond motifs is 1. The van der Waals surface area contributed by atoms with Gasteiger partial charge in [0.15, 0.2) is 0 Å². The van der Waals surface area contributed by atoms with Gasteiger partial charge in [0.2, 0.25) is 0 Å². The van der Waals surface area contributed by atoms with Gasteiger partial charge in [-0.05, 0) is 38.0 Å². The minimum atomic E-state index is 0.176. The SMILES string of the molecule is CC[C@H]1C=CC[C@@]2(C)OCC[C@H]12. The summed E-state index contributed by atoms with van der Waals surface area (Å²) in [7, 11) is 0. The minimum Gasteiger partial charge on any atom is -0.375 e. The predicted molar refractivity (Wildman–Crippen MR) is 50.0 cm³/mol. The first-order valence-electron chi connectivity index (χ1n) is 5.07. The van der Waals surface area contributed by atoms with Crippen molar-refractivity contribution >= 4 is 0 Å². The van der Waals surface area contributed by atoms with Crippen molar-refractivity contribution in [3.63, 3.8) is 0 Å². The van der Waals surface area contributed by atoms with Crippen LogP contribution in [0.4, 0.5) is 0 Å². The first kappa shape index (κ1) is 8.31. The van der Waals surface area contributed by atoms with Crippen LogP contribution in [0.1, 0.15) is 33.1 Å². The monoisotopic (exact) mass is 166 g/mol. The second-order valence-electron chi connectivity index (χ2n) is 4.26. The first-order chi connectivity index (χ1) is 5.76. The second kappa shape index (κ2) is 2.88. The van der Waals surface area contributed by atoms with Gasteiger partial charge in [0.25, 0.3) is 0 Å². The molecule has 1 fully saturated rings. The van der Waals surface area contributed by atoms with Crippen LogP contribution in [0.15, 0.2) is 12.2 Å². The van der Waals surface area contributed by atoms with E-state index in [1.165, 1.54) is 12.8 Å². The molecule has 2 aliphatic rings. The summed E-state index contributed by atoms with van der Waals surface area (Å²) < 4.78 is 5.83. The maximum atomic E-state index is 5.83. The van der Waals surface area contributed by atoms with E-state index in [2.05, 4.69) is 26.0 Å². The molecule has 2 rings (SSSR count). The van der Waals surface area contributed by atoms with Crippen molar-refractivity contribution in [2.45, 2.75) is 38.7 Å². The molecule has 1 nitrogen and oxygen atoms in total. The van der Waals surface area contributed by atoms with Crippen molar-refractivity contribution in [3.05, 3.63) is 12.2 Å². The van der Waals surface area contributed by atoms with E-state index >= 15 is 0 Å². The zero-order valence-electron chi connectivity index (χ0n) is 8.05. The number of hydrogen-bond donors (Lipinski definition) is 0. The van der Waals surface area contributed by atoms with Gasteiger partial charge in [-0.25, -0.2) is 0 Å². The molecule has 0 aromatic carbocycles. The third kappa shape index (κ3) is 1.11. The van der Waals surface area contributed by atoms with E-state index in [-0.39, 0.29) is 5.60 Å². The van der Waals surface area contributed by atoms with Crippen LogP contribution in [0.3, 0.4) is 0 Å². The molecule has 0 unspecified atom stereocenters. The summed E-state index contributed by atoms with van der Waals surface area (Å²) in [6, 6.07) is 0. The molecule has 1 heteroatoms. The van der Waals surface area contributed by atoms with Crippen LogP contribution in [0, 0.1) is 11.8 Å². The molecule has 0 aromatic rings. The van der Waals surface area contributed by atoms with Crippen molar-refractivity contribution in [2.24, 2.45) is 11.8 Å². The maximum Gasteiger partial charge on any atom is 0.0723 e. The highest BCUT2D eigenvalue weighted by molar-refractivity contribution is 5.08. The van der Waals surface area contributed by atoms with Gasteiger partial charge in [-0.3, -0.25) is 0 Å². The zero-order valence-corrected chi connectivity index (χ0v) is 8.05. The number of hydrogen-bond acceptors (Lipinski definition) is 1. The lowest BCUT2D eigenvalue weighted by Crippen LogP contribution is -2.37. The average molecular weight is 166 g/mol. The summed E-state index contributed by atoms with van der Waals surface area (Å²) >= 11 is 0. The zero-order chi connectivity index (χ0) is 8.60. The number of rotatable bonds is 1. The van der Waals surface area contributed by atoms with Gasteiger partial charge in [-0.1, -0.05) is 19.1 Å². The molecule has 0 amide bonds. The quantitative estimate of drug-likeness (QED) is 0.544. The Kier molecular flexibility index (Phi) is 1.99. The Morgan fingerprint density at radius 1 is 1.58 bits per heavy atom. The Morgan fingerprint density at radius 3 is 3.17 bits per heavy atom. The highest BCUT2D eigenvalue weighted by atomic mass is 16.5. The Balaban J connectivity index is 2.21. The molecule has 0 N–H and O–H groups in total. The summed E-state index contributed by atoms with van der Waals surface area (Å²) in [6.07, 6.45) is 8.34. The summed E-state index contributed by atoms with van der Waals surface area (Å²) in [5, 5.41) is 0. The van der Waals surface area contributed by atoms with Crippen LogP contribution in [0.5, 0.6) is 0 Å².